The molecule has 204 valence electrons. The molecular formula is C30H39N3O4S. The van der Waals surface area contributed by atoms with Crippen LogP contribution in [-0.4, -0.2) is 59.8 Å². The molecule has 3 aromatic carbocycles. The molecule has 38 heavy (non-hydrogen) atoms. The highest BCUT2D eigenvalue weighted by Gasteiger charge is 2.26. The van der Waals surface area contributed by atoms with Gasteiger partial charge >= 0.3 is 0 Å². The van der Waals surface area contributed by atoms with Gasteiger partial charge in [-0.2, -0.15) is 13.1 Å². The van der Waals surface area contributed by atoms with Crippen molar-refractivity contribution < 1.29 is 17.9 Å². The summed E-state index contributed by atoms with van der Waals surface area (Å²) in [4.78, 5) is 2.10. The quantitative estimate of drug-likeness (QED) is 0.321. The molecule has 0 saturated carbocycles. The largest absolute Gasteiger partial charge is 0.492 e. The zero-order valence-electron chi connectivity index (χ0n) is 22.5. The number of likely N-dealkylation sites (N-methyl/N-ethyl adjacent to an activating group) is 1. The van der Waals surface area contributed by atoms with Crippen molar-refractivity contribution in [1.82, 2.24) is 9.62 Å². The maximum Gasteiger partial charge on any atom is 0.299 e. The van der Waals surface area contributed by atoms with Crippen molar-refractivity contribution >= 4 is 15.9 Å². The first-order valence-electron chi connectivity index (χ1n) is 13.2. The first-order chi connectivity index (χ1) is 18.3. The maximum atomic E-state index is 12.7. The normalized spacial score (nSPS) is 17.3. The lowest BCUT2D eigenvalue weighted by Crippen LogP contribution is -2.38. The lowest BCUT2D eigenvalue weighted by molar-refractivity contribution is 0.192. The summed E-state index contributed by atoms with van der Waals surface area (Å²) in [5.41, 5.74) is 4.03. The Balaban J connectivity index is 1.58. The summed E-state index contributed by atoms with van der Waals surface area (Å²) in [6, 6.07) is 26.4. The summed E-state index contributed by atoms with van der Waals surface area (Å²) in [6.45, 7) is 4.65. The van der Waals surface area contributed by atoms with E-state index in [4.69, 9.17) is 9.47 Å². The third kappa shape index (κ3) is 7.80. The lowest BCUT2D eigenvalue weighted by Gasteiger charge is -2.28. The molecule has 8 heteroatoms. The number of benzene rings is 3. The van der Waals surface area contributed by atoms with E-state index in [2.05, 4.69) is 63.7 Å². The Bertz CT molecular complexity index is 1240. The van der Waals surface area contributed by atoms with Gasteiger partial charge in [0.25, 0.3) is 10.2 Å². The lowest BCUT2D eigenvalue weighted by atomic mass is 9.76. The van der Waals surface area contributed by atoms with Gasteiger partial charge in [0.15, 0.2) is 0 Å². The monoisotopic (exact) mass is 537 g/mol. The molecule has 0 amide bonds. The Labute approximate surface area is 227 Å². The SMILES string of the molecule is CCC(c1cccc(NS(=O)(=O)N[C@@H]2CCOC2)c1)C(c1ccccc1)c1ccc(OCCN(C)C)cc1. The van der Waals surface area contributed by atoms with Crippen LogP contribution in [-0.2, 0) is 14.9 Å². The molecule has 1 fully saturated rings. The average molecular weight is 538 g/mol. The average Bonchev–Trinajstić information content (AvgIpc) is 3.40. The van der Waals surface area contributed by atoms with Crippen molar-refractivity contribution in [3.8, 4) is 5.75 Å². The number of rotatable bonds is 13. The molecule has 0 spiro atoms. The summed E-state index contributed by atoms with van der Waals surface area (Å²) >= 11 is 0. The molecule has 0 aromatic heterocycles. The van der Waals surface area contributed by atoms with Crippen LogP contribution in [0.1, 0.15) is 48.3 Å². The topological polar surface area (TPSA) is 79.9 Å². The highest BCUT2D eigenvalue weighted by atomic mass is 32.2. The first kappa shape index (κ1) is 28.1. The van der Waals surface area contributed by atoms with Crippen molar-refractivity contribution in [1.29, 1.82) is 0 Å². The van der Waals surface area contributed by atoms with Gasteiger partial charge in [-0.25, -0.2) is 0 Å². The molecule has 0 bridgehead atoms. The number of anilines is 1. The van der Waals surface area contributed by atoms with Gasteiger partial charge in [0, 0.05) is 25.1 Å². The Morgan fingerprint density at radius 1 is 0.974 bits per heavy atom. The second-order valence-electron chi connectivity index (χ2n) is 10.0. The maximum absolute atomic E-state index is 12.7. The fourth-order valence-electron chi connectivity index (χ4n) is 4.96. The second kappa shape index (κ2) is 13.2. The Morgan fingerprint density at radius 2 is 1.68 bits per heavy atom. The Kier molecular flexibility index (Phi) is 9.80. The van der Waals surface area contributed by atoms with Crippen LogP contribution in [0.15, 0.2) is 78.9 Å². The van der Waals surface area contributed by atoms with Gasteiger partial charge in [-0.05, 0) is 73.8 Å². The highest BCUT2D eigenvalue weighted by molar-refractivity contribution is 7.90. The molecule has 2 N–H and O–H groups in total. The molecule has 1 heterocycles. The standard InChI is InChI=1S/C30H39N3O4S/c1-4-29(25-11-8-12-26(21-25)31-38(34,35)32-27-17-19-36-22-27)30(23-9-6-5-7-10-23)24-13-15-28(16-14-24)37-20-18-33(2)3/h5-16,21,27,29-32H,4,17-20,22H2,1-3H3/t27-,29?,30?/m1/s1. The Hall–Kier alpha value is -2.91. The number of hydrogen-bond acceptors (Lipinski definition) is 5. The van der Waals surface area contributed by atoms with E-state index in [1.807, 2.05) is 44.4 Å². The van der Waals surface area contributed by atoms with E-state index >= 15 is 0 Å². The van der Waals surface area contributed by atoms with Gasteiger partial charge in [0.05, 0.1) is 12.3 Å². The molecule has 2 unspecified atom stereocenters. The first-order valence-corrected chi connectivity index (χ1v) is 14.7. The van der Waals surface area contributed by atoms with Crippen LogP contribution in [0.4, 0.5) is 5.69 Å². The smallest absolute Gasteiger partial charge is 0.299 e. The fourth-order valence-corrected chi connectivity index (χ4v) is 6.08. The van der Waals surface area contributed by atoms with Gasteiger partial charge in [-0.15, -0.1) is 0 Å². The summed E-state index contributed by atoms with van der Waals surface area (Å²) in [6.07, 6.45) is 1.56. The minimum absolute atomic E-state index is 0.0950. The van der Waals surface area contributed by atoms with Crippen LogP contribution in [0.3, 0.4) is 0 Å². The summed E-state index contributed by atoms with van der Waals surface area (Å²) in [7, 11) is 0.355. The van der Waals surface area contributed by atoms with E-state index in [1.54, 1.807) is 6.07 Å². The van der Waals surface area contributed by atoms with E-state index in [0.717, 1.165) is 24.3 Å². The molecule has 0 radical (unpaired) electrons. The van der Waals surface area contributed by atoms with Gasteiger partial charge in [0.1, 0.15) is 12.4 Å². The number of hydrogen-bond donors (Lipinski definition) is 2. The van der Waals surface area contributed by atoms with Crippen LogP contribution in [0.2, 0.25) is 0 Å². The van der Waals surface area contributed by atoms with Crippen molar-refractivity contribution in [2.24, 2.45) is 0 Å². The van der Waals surface area contributed by atoms with Gasteiger partial charge in [-0.3, -0.25) is 4.72 Å². The van der Waals surface area contributed by atoms with Gasteiger partial charge < -0.3 is 14.4 Å². The van der Waals surface area contributed by atoms with Crippen molar-refractivity contribution in [2.45, 2.75) is 37.6 Å². The van der Waals surface area contributed by atoms with E-state index in [1.165, 1.54) is 11.1 Å². The van der Waals surface area contributed by atoms with Gasteiger partial charge in [0.2, 0.25) is 0 Å². The van der Waals surface area contributed by atoms with E-state index < -0.39 is 10.2 Å². The fraction of sp³-hybridized carbons (Fsp3) is 0.400. The van der Waals surface area contributed by atoms with E-state index in [0.29, 0.717) is 31.9 Å². The minimum atomic E-state index is -3.71. The summed E-state index contributed by atoms with van der Waals surface area (Å²) < 4.78 is 42.1. The highest BCUT2D eigenvalue weighted by Crippen LogP contribution is 2.41. The molecule has 0 aliphatic carbocycles. The van der Waals surface area contributed by atoms with Crippen molar-refractivity contribution in [2.75, 3.05) is 45.2 Å². The molecule has 1 aliphatic heterocycles. The zero-order chi connectivity index (χ0) is 27.0. The van der Waals surface area contributed by atoms with Crippen LogP contribution in [0, 0.1) is 0 Å². The molecule has 4 rings (SSSR count). The van der Waals surface area contributed by atoms with Gasteiger partial charge in [-0.1, -0.05) is 61.5 Å². The zero-order valence-corrected chi connectivity index (χ0v) is 23.3. The van der Waals surface area contributed by atoms with Crippen LogP contribution in [0.25, 0.3) is 0 Å². The van der Waals surface area contributed by atoms with E-state index in [-0.39, 0.29) is 17.9 Å². The number of nitrogens with zero attached hydrogens (tertiary/aromatic N) is 1. The number of nitrogens with one attached hydrogen (secondary N) is 2. The molecule has 1 saturated heterocycles. The predicted molar refractivity (Wildman–Crippen MR) is 153 cm³/mol. The second-order valence-corrected chi connectivity index (χ2v) is 11.5. The molecular weight excluding hydrogens is 498 g/mol. The summed E-state index contributed by atoms with van der Waals surface area (Å²) in [5.74, 6) is 1.09. The van der Waals surface area contributed by atoms with Crippen LogP contribution in [0.5, 0.6) is 5.75 Å². The minimum Gasteiger partial charge on any atom is -0.492 e. The predicted octanol–water partition coefficient (Wildman–Crippen LogP) is 4.99. The van der Waals surface area contributed by atoms with Crippen LogP contribution >= 0.6 is 0 Å². The number of ether oxygens (including phenoxy) is 2. The van der Waals surface area contributed by atoms with Crippen molar-refractivity contribution in [3.63, 3.8) is 0 Å². The van der Waals surface area contributed by atoms with Crippen molar-refractivity contribution in [3.05, 3.63) is 95.6 Å². The molecule has 7 nitrogen and oxygen atoms in total. The molecule has 3 aromatic rings. The summed E-state index contributed by atoms with van der Waals surface area (Å²) in [5, 5.41) is 0. The van der Waals surface area contributed by atoms with E-state index in [9.17, 15) is 8.42 Å². The van der Waals surface area contributed by atoms with Crippen LogP contribution < -0.4 is 14.2 Å². The third-order valence-corrected chi connectivity index (χ3v) is 8.01. The Morgan fingerprint density at radius 3 is 2.34 bits per heavy atom. The third-order valence-electron chi connectivity index (χ3n) is 6.87. The molecule has 1 aliphatic rings. The molecule has 3 atom stereocenters.